The second kappa shape index (κ2) is 10.9. The molecule has 10 rings (SSSR count). The molecule has 0 radical (unpaired) electrons. The monoisotopic (exact) mass is 648 g/mol. The van der Waals surface area contributed by atoms with E-state index in [0.29, 0.717) is 17.5 Å². The van der Waals surface area contributed by atoms with Gasteiger partial charge in [-0.2, -0.15) is 0 Å². The summed E-state index contributed by atoms with van der Waals surface area (Å²) in [5, 5.41) is 8.32. The van der Waals surface area contributed by atoms with Crippen LogP contribution in [-0.4, -0.2) is 19.9 Å². The number of para-hydroxylation sites is 1. The Labute approximate surface area is 283 Å². The lowest BCUT2D eigenvalue weighted by Crippen LogP contribution is -2.00. The van der Waals surface area contributed by atoms with E-state index in [0.717, 1.165) is 37.5 Å². The molecule has 0 aliphatic rings. The first-order valence-electron chi connectivity index (χ1n) is 15.8. The van der Waals surface area contributed by atoms with Gasteiger partial charge in [-0.25, -0.2) is 19.9 Å². The lowest BCUT2D eigenvalue weighted by molar-refractivity contribution is 1.08. The van der Waals surface area contributed by atoms with Gasteiger partial charge >= 0.3 is 0 Å². The standard InChI is InChI=1S/C42H24N4S2/c1-2-12-25(13-3-1)39-44-40(46-41(45-39)33-21-10-19-31-30-18-8-9-22-35(30)47-38(31)33)32-20-11-23-36-37(32)43-42(48-36)34-24-26-14-4-5-15-27(26)28-16-6-7-17-29(28)34/h1-24H. The molecule has 10 aromatic rings. The van der Waals surface area contributed by atoms with E-state index >= 15 is 0 Å². The molecular formula is C42H24N4S2. The zero-order valence-corrected chi connectivity index (χ0v) is 27.1. The molecule has 0 fully saturated rings. The van der Waals surface area contributed by atoms with Gasteiger partial charge < -0.3 is 0 Å². The van der Waals surface area contributed by atoms with Crippen molar-refractivity contribution in [2.75, 3.05) is 0 Å². The number of thiazole rings is 1. The lowest BCUT2D eigenvalue weighted by atomic mass is 9.97. The molecule has 0 bridgehead atoms. The second-order valence-corrected chi connectivity index (χ2v) is 13.9. The summed E-state index contributed by atoms with van der Waals surface area (Å²) in [7, 11) is 0. The van der Waals surface area contributed by atoms with E-state index in [-0.39, 0.29) is 0 Å². The first-order chi connectivity index (χ1) is 23.8. The van der Waals surface area contributed by atoms with Crippen LogP contribution in [-0.2, 0) is 0 Å². The normalized spacial score (nSPS) is 11.8. The molecule has 0 spiro atoms. The molecule has 0 saturated heterocycles. The first-order valence-corrected chi connectivity index (χ1v) is 17.4. The molecule has 0 N–H and O–H groups in total. The van der Waals surface area contributed by atoms with Crippen molar-refractivity contribution in [2.45, 2.75) is 0 Å². The Balaban J connectivity index is 1.20. The van der Waals surface area contributed by atoms with Gasteiger partial charge in [-0.1, -0.05) is 115 Å². The third-order valence-electron chi connectivity index (χ3n) is 8.97. The Hall–Kier alpha value is -5.82. The predicted octanol–water partition coefficient (Wildman–Crippen LogP) is 11.8. The lowest BCUT2D eigenvalue weighted by Gasteiger charge is -2.09. The summed E-state index contributed by atoms with van der Waals surface area (Å²) in [6.45, 7) is 0. The summed E-state index contributed by atoms with van der Waals surface area (Å²) in [6, 6.07) is 50.9. The van der Waals surface area contributed by atoms with Crippen LogP contribution in [0.25, 0.3) is 96.7 Å². The van der Waals surface area contributed by atoms with Crippen LogP contribution in [0.5, 0.6) is 0 Å². The SMILES string of the molecule is c1ccc(-c2nc(-c3cccc4sc(-c5cc6ccccc6c6ccccc56)nc34)nc(-c3cccc4c3sc3ccccc34)n2)cc1. The minimum absolute atomic E-state index is 0.614. The summed E-state index contributed by atoms with van der Waals surface area (Å²) in [5.74, 6) is 1.91. The van der Waals surface area contributed by atoms with Gasteiger partial charge in [-0.05, 0) is 51.9 Å². The molecule has 3 heterocycles. The molecule has 6 heteroatoms. The minimum Gasteiger partial charge on any atom is -0.235 e. The highest BCUT2D eigenvalue weighted by Crippen LogP contribution is 2.42. The van der Waals surface area contributed by atoms with Crippen molar-refractivity contribution in [3.05, 3.63) is 146 Å². The van der Waals surface area contributed by atoms with E-state index < -0.39 is 0 Å². The van der Waals surface area contributed by atoms with E-state index in [1.165, 1.54) is 41.7 Å². The Morgan fingerprint density at radius 2 is 1.00 bits per heavy atom. The van der Waals surface area contributed by atoms with E-state index in [4.69, 9.17) is 19.9 Å². The molecule has 3 aromatic heterocycles. The average molecular weight is 649 g/mol. The number of aromatic nitrogens is 4. The van der Waals surface area contributed by atoms with Gasteiger partial charge in [0.2, 0.25) is 0 Å². The Kier molecular flexibility index (Phi) is 6.19. The quantitative estimate of drug-likeness (QED) is 0.178. The second-order valence-electron chi connectivity index (χ2n) is 11.8. The summed E-state index contributed by atoms with van der Waals surface area (Å²) < 4.78 is 3.51. The largest absolute Gasteiger partial charge is 0.235 e. The molecule has 0 amide bonds. The van der Waals surface area contributed by atoms with Crippen molar-refractivity contribution in [3.8, 4) is 44.7 Å². The molecule has 0 atom stereocenters. The zero-order valence-electron chi connectivity index (χ0n) is 25.5. The summed E-state index contributed by atoms with van der Waals surface area (Å²) >= 11 is 3.49. The summed E-state index contributed by atoms with van der Waals surface area (Å²) in [6.07, 6.45) is 0. The van der Waals surface area contributed by atoms with Crippen molar-refractivity contribution < 1.29 is 0 Å². The van der Waals surface area contributed by atoms with Crippen LogP contribution in [0, 0.1) is 0 Å². The third kappa shape index (κ3) is 4.34. The topological polar surface area (TPSA) is 51.6 Å². The van der Waals surface area contributed by atoms with Crippen LogP contribution in [0.2, 0.25) is 0 Å². The maximum Gasteiger partial charge on any atom is 0.166 e. The van der Waals surface area contributed by atoms with Crippen molar-refractivity contribution in [3.63, 3.8) is 0 Å². The fraction of sp³-hybridized carbons (Fsp3) is 0. The first kappa shape index (κ1) is 27.3. The molecule has 0 saturated carbocycles. The molecule has 224 valence electrons. The summed E-state index contributed by atoms with van der Waals surface area (Å²) in [5.41, 5.74) is 4.87. The van der Waals surface area contributed by atoms with Crippen LogP contribution in [0.1, 0.15) is 0 Å². The van der Waals surface area contributed by atoms with Crippen LogP contribution in [0.4, 0.5) is 0 Å². The Morgan fingerprint density at radius 3 is 1.88 bits per heavy atom. The van der Waals surface area contributed by atoms with Gasteiger partial charge in [0.15, 0.2) is 17.5 Å². The molecule has 4 nitrogen and oxygen atoms in total. The van der Waals surface area contributed by atoms with Crippen molar-refractivity contribution in [2.24, 2.45) is 0 Å². The number of rotatable bonds is 4. The molecule has 0 aliphatic heterocycles. The van der Waals surface area contributed by atoms with Gasteiger partial charge in [0.25, 0.3) is 0 Å². The number of hydrogen-bond acceptors (Lipinski definition) is 6. The highest BCUT2D eigenvalue weighted by Gasteiger charge is 2.20. The number of benzene rings is 7. The van der Waals surface area contributed by atoms with Crippen LogP contribution in [0.15, 0.2) is 146 Å². The van der Waals surface area contributed by atoms with Crippen molar-refractivity contribution in [1.29, 1.82) is 0 Å². The third-order valence-corrected chi connectivity index (χ3v) is 11.2. The van der Waals surface area contributed by atoms with Gasteiger partial charge in [0, 0.05) is 42.4 Å². The van der Waals surface area contributed by atoms with E-state index in [2.05, 4.69) is 127 Å². The maximum absolute atomic E-state index is 5.32. The fourth-order valence-electron chi connectivity index (χ4n) is 6.73. The van der Waals surface area contributed by atoms with Crippen LogP contribution < -0.4 is 0 Å². The zero-order chi connectivity index (χ0) is 31.6. The minimum atomic E-state index is 0.614. The van der Waals surface area contributed by atoms with Gasteiger partial charge in [-0.3, -0.25) is 0 Å². The van der Waals surface area contributed by atoms with Gasteiger partial charge in [-0.15, -0.1) is 22.7 Å². The maximum atomic E-state index is 5.32. The van der Waals surface area contributed by atoms with E-state index in [1.54, 1.807) is 22.7 Å². The van der Waals surface area contributed by atoms with Gasteiger partial charge in [0.1, 0.15) is 5.01 Å². The van der Waals surface area contributed by atoms with Gasteiger partial charge in [0.05, 0.1) is 10.2 Å². The van der Waals surface area contributed by atoms with Crippen molar-refractivity contribution >= 4 is 74.6 Å². The Bertz CT molecular complexity index is 2850. The van der Waals surface area contributed by atoms with Crippen molar-refractivity contribution in [1.82, 2.24) is 19.9 Å². The molecule has 0 aliphatic carbocycles. The van der Waals surface area contributed by atoms with Crippen LogP contribution >= 0.6 is 22.7 Å². The fourth-order valence-corrected chi connectivity index (χ4v) is 8.97. The molecular weight excluding hydrogens is 625 g/mol. The summed E-state index contributed by atoms with van der Waals surface area (Å²) in [4.78, 5) is 20.7. The Morgan fingerprint density at radius 1 is 0.375 bits per heavy atom. The smallest absolute Gasteiger partial charge is 0.166 e. The molecule has 0 unspecified atom stereocenters. The number of nitrogens with zero attached hydrogens (tertiary/aromatic N) is 4. The number of hydrogen-bond donors (Lipinski definition) is 0. The van der Waals surface area contributed by atoms with Crippen LogP contribution in [0.3, 0.4) is 0 Å². The highest BCUT2D eigenvalue weighted by molar-refractivity contribution is 7.26. The number of fused-ring (bicyclic) bond motifs is 7. The van der Waals surface area contributed by atoms with E-state index in [9.17, 15) is 0 Å². The molecule has 48 heavy (non-hydrogen) atoms. The van der Waals surface area contributed by atoms with E-state index in [1.807, 2.05) is 18.2 Å². The molecule has 7 aromatic carbocycles. The number of thiophene rings is 1. The predicted molar refractivity (Wildman–Crippen MR) is 203 cm³/mol. The highest BCUT2D eigenvalue weighted by atomic mass is 32.1. The average Bonchev–Trinajstić information content (AvgIpc) is 3.77.